The number of pyridine rings is 1. The molecule has 1 fully saturated rings. The van der Waals surface area contributed by atoms with Gasteiger partial charge in [-0.05, 0) is 30.7 Å². The number of aromatic nitrogens is 3. The number of benzene rings is 1. The van der Waals surface area contributed by atoms with E-state index in [9.17, 15) is 14.0 Å². The zero-order valence-corrected chi connectivity index (χ0v) is 17.7. The molecule has 0 saturated carbocycles. The van der Waals surface area contributed by atoms with E-state index >= 15 is 0 Å². The van der Waals surface area contributed by atoms with Gasteiger partial charge >= 0.3 is 0 Å². The van der Waals surface area contributed by atoms with Crippen molar-refractivity contribution in [3.05, 3.63) is 57.5 Å². The lowest BCUT2D eigenvalue weighted by Gasteiger charge is -2.39. The van der Waals surface area contributed by atoms with Gasteiger partial charge in [0.05, 0.1) is 11.7 Å². The Balaban J connectivity index is 1.41. The molecule has 0 spiro atoms. The summed E-state index contributed by atoms with van der Waals surface area (Å²) < 4.78 is 20.4. The maximum absolute atomic E-state index is 14.5. The van der Waals surface area contributed by atoms with Crippen LogP contribution in [0.25, 0.3) is 11.0 Å². The van der Waals surface area contributed by atoms with Crippen molar-refractivity contribution in [1.82, 2.24) is 25.2 Å². The largest absolute Gasteiger partial charge is 0.486 e. The molecule has 0 aliphatic carbocycles. The van der Waals surface area contributed by atoms with Crippen LogP contribution in [-0.4, -0.2) is 52.0 Å². The molecule has 2 aromatic heterocycles. The predicted octanol–water partition coefficient (Wildman–Crippen LogP) is 0.889. The van der Waals surface area contributed by atoms with Gasteiger partial charge in [-0.25, -0.2) is 14.4 Å². The fourth-order valence-electron chi connectivity index (χ4n) is 3.37. The highest BCUT2D eigenvalue weighted by atomic mass is 31.0. The minimum atomic E-state index is -0.457. The molecule has 1 aliphatic rings. The molecule has 1 unspecified atom stereocenters. The summed E-state index contributed by atoms with van der Waals surface area (Å²) in [5, 5.41) is 3.25. The zero-order valence-electron chi connectivity index (χ0n) is 16.5. The molecule has 1 atom stereocenters. The van der Waals surface area contributed by atoms with E-state index in [0.29, 0.717) is 36.6 Å². The lowest BCUT2D eigenvalue weighted by atomic mass is 10.1. The second-order valence-electron chi connectivity index (χ2n) is 7.20. The number of amides is 1. The van der Waals surface area contributed by atoms with E-state index in [1.165, 1.54) is 12.3 Å². The van der Waals surface area contributed by atoms with E-state index in [-0.39, 0.29) is 28.8 Å². The molecule has 1 aromatic carbocycles. The van der Waals surface area contributed by atoms with Gasteiger partial charge < -0.3 is 15.0 Å². The summed E-state index contributed by atoms with van der Waals surface area (Å²) in [5.41, 5.74) is 1.57. The molecule has 3 heterocycles. The van der Waals surface area contributed by atoms with Crippen LogP contribution in [0, 0.1) is 12.7 Å². The summed E-state index contributed by atoms with van der Waals surface area (Å²) in [6.07, 6.45) is 1.51. The van der Waals surface area contributed by atoms with Crippen molar-refractivity contribution in [1.29, 1.82) is 0 Å². The minimum absolute atomic E-state index is 0.0139. The number of carbonyl (C=O) groups excluding carboxylic acids is 1. The summed E-state index contributed by atoms with van der Waals surface area (Å²) >= 11 is 0. The van der Waals surface area contributed by atoms with Crippen LogP contribution in [0.15, 0.2) is 29.2 Å². The van der Waals surface area contributed by atoms with Crippen LogP contribution in [0.4, 0.5) is 4.39 Å². The third-order valence-electron chi connectivity index (χ3n) is 5.04. The van der Waals surface area contributed by atoms with Gasteiger partial charge in [-0.1, -0.05) is 0 Å². The van der Waals surface area contributed by atoms with E-state index in [0.717, 1.165) is 10.9 Å². The second kappa shape index (κ2) is 8.08. The van der Waals surface area contributed by atoms with Crippen LogP contribution >= 0.6 is 9.24 Å². The lowest BCUT2D eigenvalue weighted by molar-refractivity contribution is 0.0145. The normalized spacial score (nSPS) is 14.5. The van der Waals surface area contributed by atoms with Crippen LogP contribution in [-0.2, 0) is 6.54 Å². The van der Waals surface area contributed by atoms with Crippen molar-refractivity contribution in [2.45, 2.75) is 19.6 Å². The first-order valence-electron chi connectivity index (χ1n) is 9.40. The number of rotatable bonds is 5. The molecule has 3 aromatic rings. The molecule has 1 aliphatic heterocycles. The highest BCUT2D eigenvalue weighted by Gasteiger charge is 2.29. The Morgan fingerprint density at radius 1 is 1.43 bits per heavy atom. The smallest absolute Gasteiger partial charge is 0.269 e. The van der Waals surface area contributed by atoms with E-state index in [1.54, 1.807) is 26.1 Å². The first-order valence-corrected chi connectivity index (χ1v) is 9.98. The van der Waals surface area contributed by atoms with Crippen molar-refractivity contribution in [2.75, 3.05) is 20.1 Å². The average Bonchev–Trinajstić information content (AvgIpc) is 2.71. The molecule has 10 heteroatoms. The summed E-state index contributed by atoms with van der Waals surface area (Å²) in [5.74, 6) is -0.116. The summed E-state index contributed by atoms with van der Waals surface area (Å²) in [7, 11) is 4.13. The van der Waals surface area contributed by atoms with Crippen molar-refractivity contribution < 1.29 is 13.9 Å². The van der Waals surface area contributed by atoms with E-state index in [1.807, 2.05) is 0 Å². The molecule has 2 N–H and O–H groups in total. The molecule has 1 amide bonds. The Morgan fingerprint density at radius 3 is 2.87 bits per heavy atom. The first-order chi connectivity index (χ1) is 14.4. The van der Waals surface area contributed by atoms with Crippen molar-refractivity contribution in [3.8, 4) is 5.75 Å². The number of nitrogens with one attached hydrogen (secondary N) is 2. The number of ether oxygens (including phenoxy) is 1. The van der Waals surface area contributed by atoms with E-state index in [4.69, 9.17) is 4.74 Å². The number of nitrogens with zero attached hydrogens (tertiary/aromatic N) is 3. The fraction of sp³-hybridized carbons (Fsp3) is 0.300. The third kappa shape index (κ3) is 3.91. The number of H-pyrrole nitrogens is 1. The minimum Gasteiger partial charge on any atom is -0.486 e. The first kappa shape index (κ1) is 20.4. The maximum Gasteiger partial charge on any atom is 0.269 e. The predicted molar refractivity (Wildman–Crippen MR) is 114 cm³/mol. The number of fused-ring (bicyclic) bond motifs is 1. The number of aryl methyl sites for hydroxylation is 1. The van der Waals surface area contributed by atoms with Gasteiger partial charge in [0.15, 0.2) is 5.82 Å². The molecule has 0 radical (unpaired) electrons. The van der Waals surface area contributed by atoms with Gasteiger partial charge in [0.2, 0.25) is 0 Å². The number of carbonyl (C=O) groups is 1. The Kier molecular flexibility index (Phi) is 5.49. The highest BCUT2D eigenvalue weighted by molar-refractivity contribution is 7.28. The zero-order chi connectivity index (χ0) is 21.4. The quantitative estimate of drug-likeness (QED) is 0.585. The Labute approximate surface area is 174 Å². The van der Waals surface area contributed by atoms with Crippen molar-refractivity contribution in [2.24, 2.45) is 0 Å². The van der Waals surface area contributed by atoms with Gasteiger partial charge in [0.1, 0.15) is 28.8 Å². The van der Waals surface area contributed by atoms with E-state index in [2.05, 4.69) is 34.4 Å². The van der Waals surface area contributed by atoms with Gasteiger partial charge in [-0.3, -0.25) is 14.5 Å². The van der Waals surface area contributed by atoms with Gasteiger partial charge in [0.25, 0.3) is 11.5 Å². The van der Waals surface area contributed by atoms with Crippen molar-refractivity contribution >= 4 is 31.5 Å². The van der Waals surface area contributed by atoms with Crippen LogP contribution < -0.4 is 20.9 Å². The Hall–Kier alpha value is -2.90. The van der Waals surface area contributed by atoms with E-state index < -0.39 is 5.82 Å². The number of halogens is 1. The standard InChI is InChI=1S/C20H21FN5O3P/c1-10-19(27)25-17-16(24-10)14(21)5-11(18(17)30)7-26-8-13(9-26)29-12-3-4-15(23-6-12)20(28)22-2/h3-6,13H,7-9,30H2,1-2H3,(H,22,28)(H,25,27). The topological polar surface area (TPSA) is 100 Å². The lowest BCUT2D eigenvalue weighted by Crippen LogP contribution is -2.53. The molecule has 156 valence electrons. The van der Waals surface area contributed by atoms with Gasteiger partial charge in [-0.15, -0.1) is 9.24 Å². The number of hydrogen-bond donors (Lipinski definition) is 2. The van der Waals surface area contributed by atoms with Crippen LogP contribution in [0.2, 0.25) is 0 Å². The summed E-state index contributed by atoms with van der Waals surface area (Å²) in [4.78, 5) is 36.4. The molecule has 0 bridgehead atoms. The fourth-order valence-corrected chi connectivity index (χ4v) is 3.75. The average molecular weight is 429 g/mol. The monoisotopic (exact) mass is 429 g/mol. The highest BCUT2D eigenvalue weighted by Crippen LogP contribution is 2.22. The second-order valence-corrected chi connectivity index (χ2v) is 7.78. The summed E-state index contributed by atoms with van der Waals surface area (Å²) in [6.45, 7) is 3.42. The summed E-state index contributed by atoms with van der Waals surface area (Å²) in [6, 6.07) is 4.79. The molecule has 8 nitrogen and oxygen atoms in total. The maximum atomic E-state index is 14.5. The van der Waals surface area contributed by atoms with Gasteiger partial charge in [0, 0.05) is 32.0 Å². The molecule has 1 saturated heterocycles. The molecular formula is C20H21FN5O3P. The van der Waals surface area contributed by atoms with Crippen LogP contribution in [0.1, 0.15) is 21.7 Å². The molecule has 4 rings (SSSR count). The van der Waals surface area contributed by atoms with Gasteiger partial charge in [-0.2, -0.15) is 0 Å². The van der Waals surface area contributed by atoms with Crippen molar-refractivity contribution in [3.63, 3.8) is 0 Å². The van der Waals surface area contributed by atoms with Crippen LogP contribution in [0.3, 0.4) is 0 Å². The number of hydrogen-bond acceptors (Lipinski definition) is 6. The number of aromatic amines is 1. The molecule has 30 heavy (non-hydrogen) atoms. The SMILES string of the molecule is CNC(=O)c1ccc(OC2CN(Cc3cc(F)c4nc(C)c(=O)[nH]c4c3P)C2)cn1. The number of likely N-dealkylation sites (tertiary alicyclic amines) is 1. The van der Waals surface area contributed by atoms with Crippen LogP contribution in [0.5, 0.6) is 5.75 Å². The third-order valence-corrected chi connectivity index (χ3v) is 5.70. The Bertz CT molecular complexity index is 1180. The molecular weight excluding hydrogens is 408 g/mol. The Morgan fingerprint density at radius 2 is 2.20 bits per heavy atom.